The maximum absolute atomic E-state index is 13.4. The fourth-order valence-electron chi connectivity index (χ4n) is 1.88. The van der Waals surface area contributed by atoms with E-state index in [2.05, 4.69) is 11.2 Å². The molecule has 1 N–H and O–H groups in total. The van der Waals surface area contributed by atoms with Crippen molar-refractivity contribution in [1.29, 1.82) is 5.26 Å². The van der Waals surface area contributed by atoms with E-state index in [4.69, 9.17) is 15.2 Å². The molecule has 0 atom stereocenters. The maximum Gasteiger partial charge on any atom is 0.131 e. The lowest BCUT2D eigenvalue weighted by Gasteiger charge is -2.11. The summed E-state index contributed by atoms with van der Waals surface area (Å²) >= 11 is 0. The Hall–Kier alpha value is -2.87. The summed E-state index contributed by atoms with van der Waals surface area (Å²) in [6.07, 6.45) is 0. The highest BCUT2D eigenvalue weighted by atomic mass is 19.1. The molecule has 0 spiro atoms. The number of hydrogen-bond acceptors (Lipinski definition) is 4. The van der Waals surface area contributed by atoms with Gasteiger partial charge in [-0.2, -0.15) is 5.26 Å². The minimum absolute atomic E-state index is 0.124. The zero-order valence-corrected chi connectivity index (χ0v) is 11.4. The van der Waals surface area contributed by atoms with Crippen LogP contribution in [0.4, 0.5) is 4.39 Å². The van der Waals surface area contributed by atoms with E-state index in [1.807, 2.05) is 0 Å². The van der Waals surface area contributed by atoms with E-state index < -0.39 is 5.82 Å². The zero-order valence-electron chi connectivity index (χ0n) is 11.4. The van der Waals surface area contributed by atoms with Gasteiger partial charge in [0.2, 0.25) is 0 Å². The molecule has 2 aromatic carbocycles. The minimum atomic E-state index is -0.451. The molecule has 0 amide bonds. The van der Waals surface area contributed by atoms with Crippen LogP contribution in [0.1, 0.15) is 23.6 Å². The van der Waals surface area contributed by atoms with E-state index in [1.165, 1.54) is 18.2 Å². The molecule has 0 heterocycles. The molecule has 0 aliphatic carbocycles. The first-order chi connectivity index (χ1) is 10.2. The molecule has 0 bridgehead atoms. The van der Waals surface area contributed by atoms with Crippen LogP contribution in [0, 0.1) is 17.1 Å². The summed E-state index contributed by atoms with van der Waals surface area (Å²) in [6.45, 7) is 1.71. The Labute approximate surface area is 121 Å². The molecule has 0 aliphatic rings. The second-order valence-electron chi connectivity index (χ2n) is 4.38. The third-order valence-electron chi connectivity index (χ3n) is 3.00. The molecule has 0 aliphatic heterocycles. The number of nitrogens with zero attached hydrogens (tertiary/aromatic N) is 2. The van der Waals surface area contributed by atoms with Crippen LogP contribution in [0.5, 0.6) is 5.75 Å². The third-order valence-corrected chi connectivity index (χ3v) is 3.00. The van der Waals surface area contributed by atoms with E-state index in [-0.39, 0.29) is 12.4 Å². The van der Waals surface area contributed by atoms with Crippen LogP contribution in [0.25, 0.3) is 0 Å². The average molecular weight is 284 g/mol. The van der Waals surface area contributed by atoms with Crippen molar-refractivity contribution in [1.82, 2.24) is 0 Å². The first-order valence-electron chi connectivity index (χ1n) is 6.25. The summed E-state index contributed by atoms with van der Waals surface area (Å²) in [5, 5.41) is 21.0. The van der Waals surface area contributed by atoms with E-state index in [1.54, 1.807) is 31.2 Å². The van der Waals surface area contributed by atoms with Gasteiger partial charge in [0.15, 0.2) is 0 Å². The van der Waals surface area contributed by atoms with Gasteiger partial charge in [-0.25, -0.2) is 4.39 Å². The Morgan fingerprint density at radius 1 is 1.33 bits per heavy atom. The van der Waals surface area contributed by atoms with Crippen LogP contribution < -0.4 is 4.74 Å². The first kappa shape index (κ1) is 14.5. The number of nitriles is 1. The zero-order chi connectivity index (χ0) is 15.2. The fourth-order valence-corrected chi connectivity index (χ4v) is 1.88. The molecule has 0 saturated heterocycles. The van der Waals surface area contributed by atoms with Crippen molar-refractivity contribution < 1.29 is 14.3 Å². The molecule has 0 aromatic heterocycles. The topological polar surface area (TPSA) is 65.6 Å². The van der Waals surface area contributed by atoms with Crippen molar-refractivity contribution in [2.75, 3.05) is 0 Å². The van der Waals surface area contributed by atoms with Gasteiger partial charge in [0.25, 0.3) is 0 Å². The summed E-state index contributed by atoms with van der Waals surface area (Å²) in [5.74, 6) is -0.189. The van der Waals surface area contributed by atoms with Crippen molar-refractivity contribution in [2.45, 2.75) is 13.5 Å². The largest absolute Gasteiger partial charge is 0.488 e. The van der Waals surface area contributed by atoms with Gasteiger partial charge in [0, 0.05) is 17.2 Å². The molecule has 2 rings (SSSR count). The summed E-state index contributed by atoms with van der Waals surface area (Å²) in [4.78, 5) is 0. The number of hydrogen-bond donors (Lipinski definition) is 1. The number of ether oxygens (including phenoxy) is 1. The highest BCUT2D eigenvalue weighted by Gasteiger charge is 2.10. The Balaban J connectivity index is 2.28. The molecule has 5 heteroatoms. The number of oxime groups is 1. The number of halogens is 1. The number of rotatable bonds is 4. The fraction of sp³-hybridized carbons (Fsp3) is 0.125. The summed E-state index contributed by atoms with van der Waals surface area (Å²) in [6, 6.07) is 13.1. The second-order valence-corrected chi connectivity index (χ2v) is 4.38. The van der Waals surface area contributed by atoms with Crippen LogP contribution in [0.15, 0.2) is 47.6 Å². The van der Waals surface area contributed by atoms with Crippen LogP contribution in [-0.4, -0.2) is 10.9 Å². The molecule has 0 radical (unpaired) electrons. The van der Waals surface area contributed by atoms with Gasteiger partial charge in [-0.3, -0.25) is 0 Å². The third kappa shape index (κ3) is 3.37. The summed E-state index contributed by atoms with van der Waals surface area (Å²) in [5.41, 5.74) is 2.02. The number of benzene rings is 2. The second kappa shape index (κ2) is 6.53. The van der Waals surface area contributed by atoms with Crippen molar-refractivity contribution in [2.24, 2.45) is 5.16 Å². The van der Waals surface area contributed by atoms with E-state index >= 15 is 0 Å². The maximum atomic E-state index is 13.4. The quantitative estimate of drug-likeness (QED) is 0.531. The highest BCUT2D eigenvalue weighted by molar-refractivity contribution is 6.00. The van der Waals surface area contributed by atoms with Crippen LogP contribution in [0.2, 0.25) is 0 Å². The van der Waals surface area contributed by atoms with Gasteiger partial charge in [-0.1, -0.05) is 23.4 Å². The molecule has 0 fully saturated rings. The van der Waals surface area contributed by atoms with Crippen molar-refractivity contribution in [3.63, 3.8) is 0 Å². The molecule has 0 saturated carbocycles. The molecule has 106 valence electrons. The summed E-state index contributed by atoms with van der Waals surface area (Å²) < 4.78 is 18.9. The first-order valence-corrected chi connectivity index (χ1v) is 6.25. The monoisotopic (exact) mass is 284 g/mol. The lowest BCUT2D eigenvalue weighted by molar-refractivity contribution is 0.301. The van der Waals surface area contributed by atoms with Crippen molar-refractivity contribution >= 4 is 5.71 Å². The van der Waals surface area contributed by atoms with Gasteiger partial charge in [0.1, 0.15) is 18.2 Å². The van der Waals surface area contributed by atoms with Gasteiger partial charge in [-0.05, 0) is 25.1 Å². The Kier molecular flexibility index (Phi) is 4.52. The van der Waals surface area contributed by atoms with Gasteiger partial charge in [-0.15, -0.1) is 0 Å². The predicted octanol–water partition coefficient (Wildman–Crippen LogP) is 3.47. The Morgan fingerprint density at radius 2 is 2.10 bits per heavy atom. The Bertz CT molecular complexity index is 720. The lowest BCUT2D eigenvalue weighted by atomic mass is 10.1. The SMILES string of the molecule is CC(=NO)c1ccc(F)cc1OCc1ccccc1C#N. The molecule has 21 heavy (non-hydrogen) atoms. The van der Waals surface area contributed by atoms with E-state index in [0.29, 0.717) is 22.4 Å². The van der Waals surface area contributed by atoms with Gasteiger partial charge >= 0.3 is 0 Å². The molecule has 0 unspecified atom stereocenters. The van der Waals surface area contributed by atoms with E-state index in [9.17, 15) is 4.39 Å². The van der Waals surface area contributed by atoms with Gasteiger partial charge < -0.3 is 9.94 Å². The van der Waals surface area contributed by atoms with Crippen molar-refractivity contribution in [3.8, 4) is 11.8 Å². The average Bonchev–Trinajstić information content (AvgIpc) is 2.52. The van der Waals surface area contributed by atoms with Crippen molar-refractivity contribution in [3.05, 3.63) is 65.0 Å². The van der Waals surface area contributed by atoms with Crippen LogP contribution >= 0.6 is 0 Å². The molecular weight excluding hydrogens is 271 g/mol. The van der Waals surface area contributed by atoms with Gasteiger partial charge in [0.05, 0.1) is 17.3 Å². The summed E-state index contributed by atoms with van der Waals surface area (Å²) in [7, 11) is 0. The highest BCUT2D eigenvalue weighted by Crippen LogP contribution is 2.22. The van der Waals surface area contributed by atoms with Crippen LogP contribution in [-0.2, 0) is 6.61 Å². The lowest BCUT2D eigenvalue weighted by Crippen LogP contribution is -2.04. The molecular formula is C16H13FN2O2. The van der Waals surface area contributed by atoms with Crippen LogP contribution in [0.3, 0.4) is 0 Å². The minimum Gasteiger partial charge on any atom is -0.488 e. The standard InChI is InChI=1S/C16H13FN2O2/c1-11(19-20)15-7-6-14(17)8-16(15)21-10-13-5-3-2-4-12(13)9-18/h2-8,20H,10H2,1H3. The molecule has 2 aromatic rings. The predicted molar refractivity (Wildman–Crippen MR) is 75.9 cm³/mol. The normalized spacial score (nSPS) is 11.0. The molecule has 4 nitrogen and oxygen atoms in total. The smallest absolute Gasteiger partial charge is 0.131 e. The van der Waals surface area contributed by atoms with E-state index in [0.717, 1.165) is 0 Å². The Morgan fingerprint density at radius 3 is 2.81 bits per heavy atom.